The number of anilines is 2. The molecule has 5 nitrogen and oxygen atoms in total. The topological polar surface area (TPSA) is 59.0 Å². The molecule has 0 spiro atoms. The molecule has 1 aromatic heterocycles. The smallest absolute Gasteiger partial charge is 0.384 e. The van der Waals surface area contributed by atoms with E-state index in [0.29, 0.717) is 11.4 Å². The number of nitrogens with zero attached hydrogens (tertiary/aromatic N) is 2. The molecule has 2 N–H and O–H groups in total. The van der Waals surface area contributed by atoms with Crippen LogP contribution in [0.15, 0.2) is 48.9 Å². The summed E-state index contributed by atoms with van der Waals surface area (Å²) in [6.07, 6.45) is -0.648. The summed E-state index contributed by atoms with van der Waals surface area (Å²) in [7, 11) is 0. The Labute approximate surface area is 159 Å². The molecule has 8 heteroatoms. The van der Waals surface area contributed by atoms with Gasteiger partial charge in [0.1, 0.15) is 0 Å². The summed E-state index contributed by atoms with van der Waals surface area (Å²) < 4.78 is 41.5. The number of carbonyl (C=O) groups excluding carboxylic acids is 1. The molecule has 1 aliphatic heterocycles. The van der Waals surface area contributed by atoms with Gasteiger partial charge in [-0.15, -0.1) is 0 Å². The van der Waals surface area contributed by atoms with Crippen molar-refractivity contribution in [2.45, 2.75) is 19.5 Å². The van der Waals surface area contributed by atoms with Crippen LogP contribution in [0.1, 0.15) is 27.2 Å². The van der Waals surface area contributed by atoms with Crippen LogP contribution in [0.4, 0.5) is 24.5 Å². The Bertz CT molecular complexity index is 1060. The average molecular weight is 386 g/mol. The molecule has 0 fully saturated rings. The molecular weight excluding hydrogens is 369 g/mol. The van der Waals surface area contributed by atoms with Crippen LogP contribution in [0, 0.1) is 6.92 Å². The summed E-state index contributed by atoms with van der Waals surface area (Å²) >= 11 is 0. The maximum absolute atomic E-state index is 13.3. The standard InChI is InChI=1S/C20H17F3N4O/c1-12-10-27(11-25-12)17-7-14(6-15(8-17)20(21,22)23)19(28)26-16-3-2-13-4-5-24-18(13)9-16/h2-3,6-11,24H,4-5H2,1H3,(H,26,28). The normalized spacial score (nSPS) is 13.1. The second-order valence-electron chi connectivity index (χ2n) is 6.69. The second-order valence-corrected chi connectivity index (χ2v) is 6.69. The first-order valence-corrected chi connectivity index (χ1v) is 8.71. The fraction of sp³-hybridized carbons (Fsp3) is 0.200. The van der Waals surface area contributed by atoms with E-state index in [-0.39, 0.29) is 11.3 Å². The lowest BCUT2D eigenvalue weighted by molar-refractivity contribution is -0.137. The van der Waals surface area contributed by atoms with Crippen LogP contribution in [0.2, 0.25) is 0 Å². The van der Waals surface area contributed by atoms with Crippen LogP contribution < -0.4 is 10.6 Å². The van der Waals surface area contributed by atoms with Crippen LogP contribution in [-0.4, -0.2) is 22.0 Å². The highest BCUT2D eigenvalue weighted by Crippen LogP contribution is 2.32. The molecule has 4 rings (SSSR count). The van der Waals surface area contributed by atoms with Crippen molar-refractivity contribution in [3.63, 3.8) is 0 Å². The molecule has 144 valence electrons. The number of alkyl halides is 3. The highest BCUT2D eigenvalue weighted by atomic mass is 19.4. The molecule has 28 heavy (non-hydrogen) atoms. The number of aromatic nitrogens is 2. The van der Waals surface area contributed by atoms with Gasteiger partial charge < -0.3 is 15.2 Å². The number of hydrogen-bond donors (Lipinski definition) is 2. The number of rotatable bonds is 3. The summed E-state index contributed by atoms with van der Waals surface area (Å²) in [4.78, 5) is 16.7. The van der Waals surface area contributed by atoms with Crippen LogP contribution in [0.3, 0.4) is 0 Å². The highest BCUT2D eigenvalue weighted by molar-refractivity contribution is 6.05. The van der Waals surface area contributed by atoms with Gasteiger partial charge in [-0.1, -0.05) is 6.07 Å². The Morgan fingerprint density at radius 2 is 2.04 bits per heavy atom. The largest absolute Gasteiger partial charge is 0.416 e. The number of carbonyl (C=O) groups is 1. The molecular formula is C20H17F3N4O. The predicted octanol–water partition coefficient (Wildman–Crippen LogP) is 4.42. The predicted molar refractivity (Wildman–Crippen MR) is 99.9 cm³/mol. The highest BCUT2D eigenvalue weighted by Gasteiger charge is 2.32. The molecule has 0 bridgehead atoms. The molecule has 0 saturated carbocycles. The Balaban J connectivity index is 1.68. The minimum atomic E-state index is -4.57. The monoisotopic (exact) mass is 386 g/mol. The first-order chi connectivity index (χ1) is 13.3. The number of hydrogen-bond acceptors (Lipinski definition) is 3. The fourth-order valence-corrected chi connectivity index (χ4v) is 3.19. The number of benzene rings is 2. The Morgan fingerprint density at radius 1 is 1.21 bits per heavy atom. The third-order valence-electron chi connectivity index (χ3n) is 4.59. The van der Waals surface area contributed by atoms with E-state index in [0.717, 1.165) is 36.3 Å². The van der Waals surface area contributed by atoms with Crippen LogP contribution in [0.5, 0.6) is 0 Å². The minimum Gasteiger partial charge on any atom is -0.384 e. The van der Waals surface area contributed by atoms with Crippen LogP contribution in [0.25, 0.3) is 5.69 Å². The molecule has 0 saturated heterocycles. The number of amides is 1. The minimum absolute atomic E-state index is 0.0790. The maximum Gasteiger partial charge on any atom is 0.416 e. The first kappa shape index (κ1) is 18.1. The molecule has 0 atom stereocenters. The third-order valence-corrected chi connectivity index (χ3v) is 4.59. The van der Waals surface area contributed by atoms with E-state index in [4.69, 9.17) is 0 Å². The van der Waals surface area contributed by atoms with E-state index in [1.807, 2.05) is 6.07 Å². The zero-order valence-electron chi connectivity index (χ0n) is 15.0. The number of fused-ring (bicyclic) bond motifs is 1. The lowest BCUT2D eigenvalue weighted by atomic mass is 10.1. The van der Waals surface area contributed by atoms with Gasteiger partial charge in [-0.05, 0) is 49.2 Å². The van der Waals surface area contributed by atoms with Gasteiger partial charge in [-0.2, -0.15) is 13.2 Å². The lowest BCUT2D eigenvalue weighted by Crippen LogP contribution is -2.15. The van der Waals surface area contributed by atoms with E-state index >= 15 is 0 Å². The molecule has 3 aromatic rings. The van der Waals surface area contributed by atoms with Gasteiger partial charge >= 0.3 is 6.18 Å². The SMILES string of the molecule is Cc1cn(-c2cc(C(=O)Nc3ccc4c(c3)NCC4)cc(C(F)(F)F)c2)cn1. The summed E-state index contributed by atoms with van der Waals surface area (Å²) in [5, 5.41) is 5.88. The van der Waals surface area contributed by atoms with Gasteiger partial charge in [0.2, 0.25) is 0 Å². The molecule has 1 aliphatic rings. The van der Waals surface area contributed by atoms with E-state index in [9.17, 15) is 18.0 Å². The zero-order chi connectivity index (χ0) is 19.9. The number of imidazole rings is 1. The van der Waals surface area contributed by atoms with Crippen molar-refractivity contribution >= 4 is 17.3 Å². The number of aryl methyl sites for hydroxylation is 1. The van der Waals surface area contributed by atoms with Gasteiger partial charge in [-0.25, -0.2) is 4.98 Å². The van der Waals surface area contributed by atoms with E-state index in [1.54, 1.807) is 25.3 Å². The lowest BCUT2D eigenvalue weighted by Gasteiger charge is -2.13. The first-order valence-electron chi connectivity index (χ1n) is 8.71. The van der Waals surface area contributed by atoms with E-state index < -0.39 is 17.6 Å². The van der Waals surface area contributed by atoms with Crippen molar-refractivity contribution in [3.8, 4) is 5.69 Å². The van der Waals surface area contributed by atoms with E-state index in [2.05, 4.69) is 15.6 Å². The van der Waals surface area contributed by atoms with Gasteiger partial charge in [0.15, 0.2) is 0 Å². The van der Waals surface area contributed by atoms with Crippen molar-refractivity contribution in [1.82, 2.24) is 9.55 Å². The van der Waals surface area contributed by atoms with Crippen LogP contribution >= 0.6 is 0 Å². The molecule has 2 aromatic carbocycles. The Morgan fingerprint density at radius 3 is 2.75 bits per heavy atom. The zero-order valence-corrected chi connectivity index (χ0v) is 15.0. The Kier molecular flexibility index (Phi) is 4.33. The third kappa shape index (κ3) is 3.58. The van der Waals surface area contributed by atoms with Gasteiger partial charge in [0.25, 0.3) is 5.91 Å². The molecule has 0 unspecified atom stereocenters. The summed E-state index contributed by atoms with van der Waals surface area (Å²) in [5.41, 5.74) is 2.51. The van der Waals surface area contributed by atoms with Crippen molar-refractivity contribution in [2.24, 2.45) is 0 Å². The molecule has 0 radical (unpaired) electrons. The van der Waals surface area contributed by atoms with Crippen molar-refractivity contribution < 1.29 is 18.0 Å². The molecule has 2 heterocycles. The van der Waals surface area contributed by atoms with Gasteiger partial charge in [0.05, 0.1) is 17.6 Å². The van der Waals surface area contributed by atoms with E-state index in [1.165, 1.54) is 17.0 Å². The van der Waals surface area contributed by atoms with Crippen molar-refractivity contribution in [2.75, 3.05) is 17.2 Å². The summed E-state index contributed by atoms with van der Waals surface area (Å²) in [6.45, 7) is 2.56. The van der Waals surface area contributed by atoms with Gasteiger partial charge in [0, 0.05) is 35.4 Å². The Hall–Kier alpha value is -3.29. The van der Waals surface area contributed by atoms with Crippen molar-refractivity contribution in [1.29, 1.82) is 0 Å². The average Bonchev–Trinajstić information content (AvgIpc) is 3.29. The fourth-order valence-electron chi connectivity index (χ4n) is 3.19. The second kappa shape index (κ2) is 6.70. The molecule has 0 aliphatic carbocycles. The summed E-state index contributed by atoms with van der Waals surface area (Å²) in [6, 6.07) is 8.70. The summed E-state index contributed by atoms with van der Waals surface area (Å²) in [5.74, 6) is -0.609. The molecule has 1 amide bonds. The van der Waals surface area contributed by atoms with Crippen LogP contribution in [-0.2, 0) is 12.6 Å². The van der Waals surface area contributed by atoms with Gasteiger partial charge in [-0.3, -0.25) is 4.79 Å². The number of halogens is 3. The van der Waals surface area contributed by atoms with Crippen molar-refractivity contribution in [3.05, 3.63) is 71.3 Å². The maximum atomic E-state index is 13.3. The quantitative estimate of drug-likeness (QED) is 0.701. The number of nitrogens with one attached hydrogen (secondary N) is 2.